The molecule has 27 heavy (non-hydrogen) atoms. The van der Waals surface area contributed by atoms with E-state index < -0.39 is 0 Å². The molecule has 0 spiro atoms. The second kappa shape index (κ2) is 8.40. The van der Waals surface area contributed by atoms with Gasteiger partial charge >= 0.3 is 0 Å². The molecule has 1 aromatic rings. The van der Waals surface area contributed by atoms with Crippen LogP contribution in [0, 0.1) is 0 Å². The van der Waals surface area contributed by atoms with E-state index in [9.17, 15) is 9.59 Å². The molecular weight excluding hydrogens is 342 g/mol. The van der Waals surface area contributed by atoms with Crippen LogP contribution >= 0.6 is 0 Å². The monoisotopic (exact) mass is 371 g/mol. The molecule has 3 aliphatic rings. The maximum absolute atomic E-state index is 13.1. The van der Waals surface area contributed by atoms with Crippen molar-refractivity contribution in [3.8, 4) is 0 Å². The number of rotatable bonds is 5. The van der Waals surface area contributed by atoms with Gasteiger partial charge in [0, 0.05) is 49.4 Å². The van der Waals surface area contributed by atoms with Gasteiger partial charge in [-0.1, -0.05) is 0 Å². The Balaban J connectivity index is 1.40. The van der Waals surface area contributed by atoms with E-state index in [-0.39, 0.29) is 17.9 Å². The van der Waals surface area contributed by atoms with Gasteiger partial charge in [0.25, 0.3) is 11.8 Å². The van der Waals surface area contributed by atoms with E-state index in [4.69, 9.17) is 4.74 Å². The van der Waals surface area contributed by atoms with Crippen LogP contribution in [0.5, 0.6) is 0 Å². The van der Waals surface area contributed by atoms with Gasteiger partial charge < -0.3 is 15.0 Å². The molecule has 4 rings (SSSR count). The summed E-state index contributed by atoms with van der Waals surface area (Å²) in [6.45, 7) is 5.21. The summed E-state index contributed by atoms with van der Waals surface area (Å²) in [4.78, 5) is 29.7. The second-order valence-corrected chi connectivity index (χ2v) is 7.89. The van der Waals surface area contributed by atoms with Gasteiger partial charge in [-0.25, -0.2) is 0 Å². The maximum atomic E-state index is 13.1. The summed E-state index contributed by atoms with van der Waals surface area (Å²) in [6.07, 6.45) is 5.45. The van der Waals surface area contributed by atoms with Gasteiger partial charge in [0.15, 0.2) is 0 Å². The standard InChI is InChI=1S/C21H29N3O3/c25-20(22-18-8-9-18)16-4-6-17(7-5-16)21(26)24-10-2-1-3-19(24)15-23-11-13-27-14-12-23/h4-7,18-19H,1-3,8-15H2,(H,22,25). The summed E-state index contributed by atoms with van der Waals surface area (Å²) in [5.74, 6) is 0.0433. The maximum Gasteiger partial charge on any atom is 0.254 e. The molecule has 6 heteroatoms. The number of nitrogens with one attached hydrogen (secondary N) is 1. The highest BCUT2D eigenvalue weighted by molar-refractivity contribution is 5.98. The van der Waals surface area contributed by atoms with Gasteiger partial charge in [-0.05, 0) is 56.4 Å². The summed E-state index contributed by atoms with van der Waals surface area (Å²) in [6, 6.07) is 7.74. The van der Waals surface area contributed by atoms with Crippen LogP contribution in [-0.4, -0.2) is 73.1 Å². The van der Waals surface area contributed by atoms with Crippen molar-refractivity contribution in [2.45, 2.75) is 44.2 Å². The minimum Gasteiger partial charge on any atom is -0.379 e. The number of amides is 2. The number of piperidine rings is 1. The summed E-state index contributed by atoms with van der Waals surface area (Å²) >= 11 is 0. The fourth-order valence-corrected chi connectivity index (χ4v) is 3.97. The van der Waals surface area contributed by atoms with E-state index in [0.29, 0.717) is 17.2 Å². The van der Waals surface area contributed by atoms with E-state index in [1.807, 2.05) is 4.90 Å². The molecule has 6 nitrogen and oxygen atoms in total. The smallest absolute Gasteiger partial charge is 0.254 e. The van der Waals surface area contributed by atoms with Crippen molar-refractivity contribution >= 4 is 11.8 Å². The molecule has 1 N–H and O–H groups in total. The fraction of sp³-hybridized carbons (Fsp3) is 0.619. The van der Waals surface area contributed by atoms with E-state index in [1.54, 1.807) is 24.3 Å². The van der Waals surface area contributed by atoms with Crippen molar-refractivity contribution in [1.29, 1.82) is 0 Å². The Morgan fingerprint density at radius 2 is 1.67 bits per heavy atom. The Bertz CT molecular complexity index is 666. The Hall–Kier alpha value is -1.92. The molecular formula is C21H29N3O3. The van der Waals surface area contributed by atoms with Crippen LogP contribution in [0.1, 0.15) is 52.8 Å². The zero-order valence-electron chi connectivity index (χ0n) is 15.9. The molecule has 2 aliphatic heterocycles. The number of hydrogen-bond donors (Lipinski definition) is 1. The lowest BCUT2D eigenvalue weighted by Crippen LogP contribution is -2.51. The fourth-order valence-electron chi connectivity index (χ4n) is 3.97. The Kier molecular flexibility index (Phi) is 5.74. The van der Waals surface area contributed by atoms with Crippen molar-refractivity contribution in [1.82, 2.24) is 15.1 Å². The third kappa shape index (κ3) is 4.68. The van der Waals surface area contributed by atoms with Crippen LogP contribution in [0.25, 0.3) is 0 Å². The summed E-state index contributed by atoms with van der Waals surface area (Å²) in [5, 5.41) is 2.98. The Morgan fingerprint density at radius 1 is 0.963 bits per heavy atom. The zero-order valence-corrected chi connectivity index (χ0v) is 15.9. The molecule has 146 valence electrons. The van der Waals surface area contributed by atoms with Crippen LogP contribution in [0.4, 0.5) is 0 Å². The minimum atomic E-state index is -0.0420. The predicted molar refractivity (Wildman–Crippen MR) is 103 cm³/mol. The Labute approximate surface area is 160 Å². The van der Waals surface area contributed by atoms with Crippen molar-refractivity contribution in [2.75, 3.05) is 39.4 Å². The molecule has 0 bridgehead atoms. The number of morpholine rings is 1. The first-order chi connectivity index (χ1) is 13.2. The average Bonchev–Trinajstić information content (AvgIpc) is 3.53. The summed E-state index contributed by atoms with van der Waals surface area (Å²) < 4.78 is 5.44. The van der Waals surface area contributed by atoms with Crippen molar-refractivity contribution in [3.05, 3.63) is 35.4 Å². The second-order valence-electron chi connectivity index (χ2n) is 7.89. The molecule has 0 aromatic heterocycles. The third-order valence-corrected chi connectivity index (χ3v) is 5.77. The number of nitrogens with zero attached hydrogens (tertiary/aromatic N) is 2. The number of carbonyl (C=O) groups is 2. The molecule has 3 fully saturated rings. The molecule has 2 saturated heterocycles. The molecule has 1 aromatic carbocycles. The first kappa shape index (κ1) is 18.4. The first-order valence-corrected chi connectivity index (χ1v) is 10.2. The van der Waals surface area contributed by atoms with Crippen LogP contribution < -0.4 is 5.32 Å². The molecule has 2 amide bonds. The molecule has 1 atom stereocenters. The van der Waals surface area contributed by atoms with Gasteiger partial charge in [-0.2, -0.15) is 0 Å². The van der Waals surface area contributed by atoms with Crippen molar-refractivity contribution < 1.29 is 14.3 Å². The highest BCUT2D eigenvalue weighted by Crippen LogP contribution is 2.22. The molecule has 1 unspecified atom stereocenters. The molecule has 0 radical (unpaired) electrons. The lowest BCUT2D eigenvalue weighted by Gasteiger charge is -2.39. The Morgan fingerprint density at radius 3 is 2.37 bits per heavy atom. The first-order valence-electron chi connectivity index (χ1n) is 10.2. The average molecular weight is 371 g/mol. The lowest BCUT2D eigenvalue weighted by molar-refractivity contribution is 0.0166. The van der Waals surface area contributed by atoms with Crippen LogP contribution in [0.2, 0.25) is 0 Å². The number of carbonyl (C=O) groups excluding carboxylic acids is 2. The van der Waals surface area contributed by atoms with Crippen molar-refractivity contribution in [3.63, 3.8) is 0 Å². The van der Waals surface area contributed by atoms with Gasteiger partial charge in [0.1, 0.15) is 0 Å². The van der Waals surface area contributed by atoms with Gasteiger partial charge in [-0.15, -0.1) is 0 Å². The van der Waals surface area contributed by atoms with Crippen LogP contribution in [0.3, 0.4) is 0 Å². The zero-order chi connectivity index (χ0) is 18.6. The quantitative estimate of drug-likeness (QED) is 0.859. The minimum absolute atomic E-state index is 0.0420. The van der Waals surface area contributed by atoms with Gasteiger partial charge in [-0.3, -0.25) is 14.5 Å². The molecule has 1 aliphatic carbocycles. The number of hydrogen-bond acceptors (Lipinski definition) is 4. The highest BCUT2D eigenvalue weighted by atomic mass is 16.5. The van der Waals surface area contributed by atoms with Crippen LogP contribution in [-0.2, 0) is 4.74 Å². The van der Waals surface area contributed by atoms with E-state index in [0.717, 1.165) is 65.1 Å². The third-order valence-electron chi connectivity index (χ3n) is 5.77. The predicted octanol–water partition coefficient (Wildman–Crippen LogP) is 1.91. The molecule has 1 saturated carbocycles. The normalized spacial score (nSPS) is 23.9. The van der Waals surface area contributed by atoms with Gasteiger partial charge in [0.2, 0.25) is 0 Å². The van der Waals surface area contributed by atoms with E-state index >= 15 is 0 Å². The molecule has 2 heterocycles. The number of benzene rings is 1. The number of ether oxygens (including phenoxy) is 1. The SMILES string of the molecule is O=C(NC1CC1)c1ccc(C(=O)N2CCCCC2CN2CCOCC2)cc1. The topological polar surface area (TPSA) is 61.9 Å². The van der Waals surface area contributed by atoms with E-state index in [2.05, 4.69) is 10.2 Å². The largest absolute Gasteiger partial charge is 0.379 e. The summed E-state index contributed by atoms with van der Waals surface area (Å²) in [7, 11) is 0. The van der Waals surface area contributed by atoms with Gasteiger partial charge in [0.05, 0.1) is 13.2 Å². The number of likely N-dealkylation sites (tertiary alicyclic amines) is 1. The highest BCUT2D eigenvalue weighted by Gasteiger charge is 2.29. The lowest BCUT2D eigenvalue weighted by atomic mass is 9.99. The van der Waals surface area contributed by atoms with Crippen molar-refractivity contribution in [2.24, 2.45) is 0 Å². The summed E-state index contributed by atoms with van der Waals surface area (Å²) in [5.41, 5.74) is 1.30. The van der Waals surface area contributed by atoms with Crippen LogP contribution in [0.15, 0.2) is 24.3 Å². The van der Waals surface area contributed by atoms with E-state index in [1.165, 1.54) is 6.42 Å².